The number of hydrogen-bond acceptors (Lipinski definition) is 5. The lowest BCUT2D eigenvalue weighted by atomic mass is 9.82. The maximum atomic E-state index is 12.7. The summed E-state index contributed by atoms with van der Waals surface area (Å²) < 4.78 is 0. The van der Waals surface area contributed by atoms with Gasteiger partial charge >= 0.3 is 6.03 Å². The van der Waals surface area contributed by atoms with Crippen LogP contribution in [-0.4, -0.2) is 47.5 Å². The van der Waals surface area contributed by atoms with Crippen molar-refractivity contribution in [2.75, 3.05) is 14.1 Å². The predicted molar refractivity (Wildman–Crippen MR) is 96.9 cm³/mol. The summed E-state index contributed by atoms with van der Waals surface area (Å²) in [6.45, 7) is 0. The zero-order valence-corrected chi connectivity index (χ0v) is 15.2. The van der Waals surface area contributed by atoms with Gasteiger partial charge in [-0.1, -0.05) is 36.4 Å². The number of rotatable bonds is 5. The molecule has 0 aliphatic carbocycles. The van der Waals surface area contributed by atoms with Crippen molar-refractivity contribution in [1.29, 1.82) is 0 Å². The van der Waals surface area contributed by atoms with Crippen molar-refractivity contribution >= 4 is 35.0 Å². The van der Waals surface area contributed by atoms with Gasteiger partial charge < -0.3 is 0 Å². The van der Waals surface area contributed by atoms with Crippen LogP contribution in [0.25, 0.3) is 0 Å². The predicted octanol–water partition coefficient (Wildman–Crippen LogP) is 2.77. The molecule has 1 fully saturated rings. The molecule has 0 radical (unpaired) electrons. The van der Waals surface area contributed by atoms with E-state index in [-0.39, 0.29) is 12.2 Å². The quantitative estimate of drug-likeness (QED) is 0.599. The smallest absolute Gasteiger partial charge is 0.294 e. The monoisotopic (exact) mass is 370 g/mol. The molecule has 2 heterocycles. The molecule has 134 valence electrons. The number of carbonyl (C=O) groups excluding carboxylic acids is 4. The van der Waals surface area contributed by atoms with Crippen LogP contribution in [0.2, 0.25) is 0 Å². The molecule has 1 aromatic carbocycles. The Hall–Kier alpha value is -2.80. The Bertz CT molecular complexity index is 824. The van der Waals surface area contributed by atoms with E-state index in [2.05, 4.69) is 0 Å². The van der Waals surface area contributed by atoms with E-state index in [1.54, 1.807) is 24.3 Å². The number of barbiturate groups is 1. The fourth-order valence-electron chi connectivity index (χ4n) is 3.11. The van der Waals surface area contributed by atoms with Crippen molar-refractivity contribution < 1.29 is 19.2 Å². The second-order valence-corrected chi connectivity index (χ2v) is 7.15. The van der Waals surface area contributed by atoms with Gasteiger partial charge in [-0.2, -0.15) is 0 Å². The SMILES string of the molecule is CN1C(=O)C(C(CC(=O)c2ccccc2)c2cccs2)C(=O)N(C)C1=O. The molecule has 0 N–H and O–H groups in total. The third-order valence-electron chi connectivity index (χ3n) is 4.58. The molecule has 3 rings (SSSR count). The zero-order chi connectivity index (χ0) is 18.8. The Kier molecular flexibility index (Phi) is 4.99. The van der Waals surface area contributed by atoms with Gasteiger partial charge in [0.15, 0.2) is 5.78 Å². The average Bonchev–Trinajstić information content (AvgIpc) is 3.19. The van der Waals surface area contributed by atoms with Gasteiger partial charge in [0.1, 0.15) is 5.92 Å². The lowest BCUT2D eigenvalue weighted by molar-refractivity contribution is -0.148. The molecule has 6 nitrogen and oxygen atoms in total. The number of urea groups is 1. The topological polar surface area (TPSA) is 74.8 Å². The minimum atomic E-state index is -1.09. The van der Waals surface area contributed by atoms with Crippen LogP contribution in [0.1, 0.15) is 27.6 Å². The van der Waals surface area contributed by atoms with Crippen LogP contribution in [-0.2, 0) is 9.59 Å². The first-order valence-corrected chi connectivity index (χ1v) is 9.00. The van der Waals surface area contributed by atoms with E-state index >= 15 is 0 Å². The van der Waals surface area contributed by atoms with Crippen LogP contribution in [0, 0.1) is 5.92 Å². The summed E-state index contributed by atoms with van der Waals surface area (Å²) in [5.74, 6) is -2.99. The highest BCUT2D eigenvalue weighted by Crippen LogP contribution is 2.36. The summed E-state index contributed by atoms with van der Waals surface area (Å²) in [6.07, 6.45) is 0.0164. The van der Waals surface area contributed by atoms with Gasteiger partial charge in [0.25, 0.3) is 0 Å². The molecule has 1 saturated heterocycles. The van der Waals surface area contributed by atoms with Crippen molar-refractivity contribution in [3.8, 4) is 0 Å². The maximum absolute atomic E-state index is 12.7. The second kappa shape index (κ2) is 7.21. The number of amides is 4. The molecule has 1 atom stereocenters. The van der Waals surface area contributed by atoms with Crippen molar-refractivity contribution in [3.63, 3.8) is 0 Å². The lowest BCUT2D eigenvalue weighted by Gasteiger charge is -2.36. The Morgan fingerprint density at radius 2 is 1.62 bits per heavy atom. The van der Waals surface area contributed by atoms with E-state index in [1.807, 2.05) is 23.6 Å². The van der Waals surface area contributed by atoms with Crippen molar-refractivity contribution in [3.05, 3.63) is 58.3 Å². The molecule has 1 unspecified atom stereocenters. The highest BCUT2D eigenvalue weighted by molar-refractivity contribution is 7.10. The number of thiophene rings is 1. The molecule has 2 aromatic rings. The first-order chi connectivity index (χ1) is 12.4. The molecular weight excluding hydrogens is 352 g/mol. The van der Waals surface area contributed by atoms with Gasteiger partial charge in [-0.15, -0.1) is 11.3 Å². The Labute approximate surface area is 155 Å². The summed E-state index contributed by atoms with van der Waals surface area (Å²) in [6, 6.07) is 11.7. The van der Waals surface area contributed by atoms with Gasteiger partial charge in [-0.05, 0) is 11.4 Å². The van der Waals surface area contributed by atoms with Gasteiger partial charge in [0.2, 0.25) is 11.8 Å². The van der Waals surface area contributed by atoms with Crippen molar-refractivity contribution in [1.82, 2.24) is 9.80 Å². The van der Waals surface area contributed by atoms with E-state index in [4.69, 9.17) is 0 Å². The molecule has 1 aliphatic rings. The van der Waals surface area contributed by atoms with Crippen LogP contribution >= 0.6 is 11.3 Å². The number of carbonyl (C=O) groups is 4. The molecule has 0 bridgehead atoms. The zero-order valence-electron chi connectivity index (χ0n) is 14.4. The van der Waals surface area contributed by atoms with Gasteiger partial charge in [-0.3, -0.25) is 24.2 Å². The van der Waals surface area contributed by atoms with E-state index in [1.165, 1.54) is 25.4 Å². The summed E-state index contributed by atoms with van der Waals surface area (Å²) in [5, 5.41) is 1.84. The van der Waals surface area contributed by atoms with E-state index < -0.39 is 29.7 Å². The Morgan fingerprint density at radius 1 is 1.00 bits per heavy atom. The molecule has 4 amide bonds. The lowest BCUT2D eigenvalue weighted by Crippen LogP contribution is -2.58. The average molecular weight is 370 g/mol. The fraction of sp³-hybridized carbons (Fsp3) is 0.263. The van der Waals surface area contributed by atoms with Crippen molar-refractivity contribution in [2.24, 2.45) is 5.92 Å². The van der Waals surface area contributed by atoms with Crippen LogP contribution in [0.4, 0.5) is 4.79 Å². The van der Waals surface area contributed by atoms with Gasteiger partial charge in [-0.25, -0.2) is 4.79 Å². The largest absolute Gasteiger partial charge is 0.332 e. The molecule has 7 heteroatoms. The number of Topliss-reactive ketones (excluding diaryl/α,β-unsaturated/α-hetero) is 1. The van der Waals surface area contributed by atoms with Crippen LogP contribution in [0.15, 0.2) is 47.8 Å². The van der Waals surface area contributed by atoms with Crippen LogP contribution < -0.4 is 0 Å². The standard InChI is InChI=1S/C19H18N2O4S/c1-20-17(23)16(18(24)21(2)19(20)25)13(15-9-6-10-26-15)11-14(22)12-7-4-3-5-8-12/h3-10,13,16H,11H2,1-2H3. The Morgan fingerprint density at radius 3 is 2.15 bits per heavy atom. The molecule has 1 aliphatic heterocycles. The summed E-state index contributed by atoms with van der Waals surface area (Å²) in [7, 11) is 2.70. The number of benzene rings is 1. The second-order valence-electron chi connectivity index (χ2n) is 6.17. The molecule has 0 saturated carbocycles. The minimum absolute atomic E-state index is 0.0164. The molecule has 0 spiro atoms. The molecule has 26 heavy (non-hydrogen) atoms. The molecular formula is C19H18N2O4S. The highest BCUT2D eigenvalue weighted by Gasteiger charge is 2.47. The highest BCUT2D eigenvalue weighted by atomic mass is 32.1. The first-order valence-electron chi connectivity index (χ1n) is 8.12. The van der Waals surface area contributed by atoms with Crippen molar-refractivity contribution in [2.45, 2.75) is 12.3 Å². The number of hydrogen-bond donors (Lipinski definition) is 0. The number of nitrogens with zero attached hydrogens (tertiary/aromatic N) is 2. The third-order valence-corrected chi connectivity index (χ3v) is 5.58. The summed E-state index contributed by atoms with van der Waals surface area (Å²) in [4.78, 5) is 52.8. The van der Waals surface area contributed by atoms with Crippen LogP contribution in [0.5, 0.6) is 0 Å². The van der Waals surface area contributed by atoms with E-state index in [0.717, 1.165) is 14.7 Å². The fourth-order valence-corrected chi connectivity index (χ4v) is 3.97. The molecule has 1 aromatic heterocycles. The van der Waals surface area contributed by atoms with E-state index in [0.29, 0.717) is 5.56 Å². The number of imide groups is 2. The Balaban J connectivity index is 1.97. The first kappa shape index (κ1) is 18.0. The van der Waals surface area contributed by atoms with Gasteiger partial charge in [0.05, 0.1) is 0 Å². The van der Waals surface area contributed by atoms with E-state index in [9.17, 15) is 19.2 Å². The third kappa shape index (κ3) is 3.17. The minimum Gasteiger partial charge on any atom is -0.294 e. The maximum Gasteiger partial charge on any atom is 0.332 e. The number of ketones is 1. The van der Waals surface area contributed by atoms with Crippen LogP contribution in [0.3, 0.4) is 0 Å². The van der Waals surface area contributed by atoms with Gasteiger partial charge in [0, 0.05) is 36.9 Å². The summed E-state index contributed by atoms with van der Waals surface area (Å²) >= 11 is 1.39. The summed E-state index contributed by atoms with van der Waals surface area (Å²) in [5.41, 5.74) is 0.530. The normalized spacial score (nSPS) is 16.9.